The van der Waals surface area contributed by atoms with Crippen LogP contribution in [-0.2, 0) is 16.0 Å². The van der Waals surface area contributed by atoms with Gasteiger partial charge in [-0.2, -0.15) is 0 Å². The summed E-state index contributed by atoms with van der Waals surface area (Å²) in [7, 11) is 0. The monoisotopic (exact) mass is 342 g/mol. The molecule has 1 aliphatic heterocycles. The standard InChI is InChI=1S/C16H20Cl2N2O2/c17-13-5-4-12(14(18)10-13)6-7-19-15(21)11-16(22)20-8-2-1-3-9-20/h4-5,10H,1-3,6-9,11H2,(H,19,21). The van der Waals surface area contributed by atoms with Gasteiger partial charge in [-0.05, 0) is 43.4 Å². The number of hydrogen-bond donors (Lipinski definition) is 1. The summed E-state index contributed by atoms with van der Waals surface area (Å²) < 4.78 is 0. The van der Waals surface area contributed by atoms with E-state index in [-0.39, 0.29) is 18.2 Å². The van der Waals surface area contributed by atoms with Crippen LogP contribution in [0.3, 0.4) is 0 Å². The van der Waals surface area contributed by atoms with Crippen LogP contribution in [0.2, 0.25) is 10.0 Å². The largest absolute Gasteiger partial charge is 0.355 e. The van der Waals surface area contributed by atoms with Gasteiger partial charge in [0.2, 0.25) is 11.8 Å². The lowest BCUT2D eigenvalue weighted by Gasteiger charge is -2.26. The Morgan fingerprint density at radius 1 is 1.14 bits per heavy atom. The van der Waals surface area contributed by atoms with Gasteiger partial charge in [0.1, 0.15) is 6.42 Å². The number of nitrogens with zero attached hydrogens (tertiary/aromatic N) is 1. The SMILES string of the molecule is O=C(CC(=O)N1CCCCC1)NCCc1ccc(Cl)cc1Cl. The molecule has 0 aromatic heterocycles. The second-order valence-electron chi connectivity index (χ2n) is 5.45. The molecule has 2 amide bonds. The van der Waals surface area contributed by atoms with Gasteiger partial charge in [-0.25, -0.2) is 0 Å². The van der Waals surface area contributed by atoms with Crippen molar-refractivity contribution in [2.24, 2.45) is 0 Å². The molecule has 1 aliphatic rings. The fraction of sp³-hybridized carbons (Fsp3) is 0.500. The Balaban J connectivity index is 1.72. The van der Waals surface area contributed by atoms with E-state index in [1.807, 2.05) is 6.07 Å². The van der Waals surface area contributed by atoms with Crippen molar-refractivity contribution >= 4 is 35.0 Å². The van der Waals surface area contributed by atoms with Gasteiger partial charge in [0.25, 0.3) is 0 Å². The van der Waals surface area contributed by atoms with Gasteiger partial charge in [0.15, 0.2) is 0 Å². The molecule has 120 valence electrons. The molecule has 1 saturated heterocycles. The third kappa shape index (κ3) is 5.18. The van der Waals surface area contributed by atoms with E-state index in [0.717, 1.165) is 37.9 Å². The van der Waals surface area contributed by atoms with E-state index >= 15 is 0 Å². The number of likely N-dealkylation sites (tertiary alicyclic amines) is 1. The van der Waals surface area contributed by atoms with E-state index in [0.29, 0.717) is 23.0 Å². The van der Waals surface area contributed by atoms with E-state index in [2.05, 4.69) is 5.32 Å². The van der Waals surface area contributed by atoms with Crippen molar-refractivity contribution in [1.29, 1.82) is 0 Å². The Morgan fingerprint density at radius 3 is 2.55 bits per heavy atom. The van der Waals surface area contributed by atoms with Crippen LogP contribution in [0, 0.1) is 0 Å². The van der Waals surface area contributed by atoms with Gasteiger partial charge >= 0.3 is 0 Å². The first-order valence-electron chi connectivity index (χ1n) is 7.54. The van der Waals surface area contributed by atoms with Crippen molar-refractivity contribution in [1.82, 2.24) is 10.2 Å². The zero-order chi connectivity index (χ0) is 15.9. The van der Waals surface area contributed by atoms with Crippen molar-refractivity contribution in [3.63, 3.8) is 0 Å². The number of hydrogen-bond acceptors (Lipinski definition) is 2. The minimum atomic E-state index is -0.236. The van der Waals surface area contributed by atoms with E-state index in [1.54, 1.807) is 17.0 Å². The first kappa shape index (κ1) is 17.1. The Labute approximate surface area is 140 Å². The third-order valence-corrected chi connectivity index (χ3v) is 4.34. The minimum Gasteiger partial charge on any atom is -0.355 e. The predicted molar refractivity (Wildman–Crippen MR) is 88.2 cm³/mol. The number of halogens is 2. The van der Waals surface area contributed by atoms with E-state index in [1.165, 1.54) is 0 Å². The quantitative estimate of drug-likeness (QED) is 0.836. The molecule has 2 rings (SSSR count). The molecule has 0 atom stereocenters. The van der Waals surface area contributed by atoms with Gasteiger partial charge in [-0.3, -0.25) is 9.59 Å². The highest BCUT2D eigenvalue weighted by Gasteiger charge is 2.18. The number of amides is 2. The molecule has 1 aromatic carbocycles. The molecule has 0 saturated carbocycles. The molecule has 0 aliphatic carbocycles. The first-order valence-corrected chi connectivity index (χ1v) is 8.30. The summed E-state index contributed by atoms with van der Waals surface area (Å²) in [5, 5.41) is 3.94. The summed E-state index contributed by atoms with van der Waals surface area (Å²) in [4.78, 5) is 25.6. The Bertz CT molecular complexity index is 543. The van der Waals surface area contributed by atoms with Crippen LogP contribution >= 0.6 is 23.2 Å². The number of carbonyl (C=O) groups excluding carboxylic acids is 2. The van der Waals surface area contributed by atoms with E-state index in [4.69, 9.17) is 23.2 Å². The van der Waals surface area contributed by atoms with Crippen LogP contribution in [-0.4, -0.2) is 36.3 Å². The molecular weight excluding hydrogens is 323 g/mol. The number of piperidine rings is 1. The van der Waals surface area contributed by atoms with Crippen molar-refractivity contribution in [2.45, 2.75) is 32.1 Å². The highest BCUT2D eigenvalue weighted by molar-refractivity contribution is 6.35. The van der Waals surface area contributed by atoms with Gasteiger partial charge in [0, 0.05) is 29.7 Å². The lowest BCUT2D eigenvalue weighted by Crippen LogP contribution is -2.39. The maximum atomic E-state index is 12.0. The summed E-state index contributed by atoms with van der Waals surface area (Å²) in [6.45, 7) is 1.99. The lowest BCUT2D eigenvalue weighted by molar-refractivity contribution is -0.136. The summed E-state index contributed by atoms with van der Waals surface area (Å²) in [6, 6.07) is 5.29. The van der Waals surface area contributed by atoms with Crippen molar-refractivity contribution < 1.29 is 9.59 Å². The Kier molecular flexibility index (Phi) is 6.52. The normalized spacial score (nSPS) is 14.7. The molecule has 1 heterocycles. The lowest BCUT2D eigenvalue weighted by atomic mass is 10.1. The van der Waals surface area contributed by atoms with Crippen LogP contribution in [0.4, 0.5) is 0 Å². The van der Waals surface area contributed by atoms with Gasteiger partial charge in [-0.1, -0.05) is 29.3 Å². The summed E-state index contributed by atoms with van der Waals surface area (Å²) in [5.41, 5.74) is 0.925. The molecular formula is C16H20Cl2N2O2. The molecule has 22 heavy (non-hydrogen) atoms. The Morgan fingerprint density at radius 2 is 1.86 bits per heavy atom. The van der Waals surface area contributed by atoms with Crippen molar-refractivity contribution in [3.05, 3.63) is 33.8 Å². The van der Waals surface area contributed by atoms with Crippen molar-refractivity contribution in [2.75, 3.05) is 19.6 Å². The van der Waals surface area contributed by atoms with E-state index < -0.39 is 0 Å². The molecule has 4 nitrogen and oxygen atoms in total. The number of rotatable bonds is 5. The molecule has 1 aromatic rings. The maximum Gasteiger partial charge on any atom is 0.232 e. The maximum absolute atomic E-state index is 12.0. The highest BCUT2D eigenvalue weighted by atomic mass is 35.5. The van der Waals surface area contributed by atoms with Gasteiger partial charge in [0.05, 0.1) is 0 Å². The molecule has 1 fully saturated rings. The summed E-state index contributed by atoms with van der Waals surface area (Å²) in [5.74, 6) is -0.317. The zero-order valence-corrected chi connectivity index (χ0v) is 13.9. The molecule has 6 heteroatoms. The Hall–Kier alpha value is -1.26. The topological polar surface area (TPSA) is 49.4 Å². The average Bonchev–Trinajstić information content (AvgIpc) is 2.50. The molecule has 0 unspecified atom stereocenters. The molecule has 0 bridgehead atoms. The van der Waals surface area contributed by atoms with Gasteiger partial charge < -0.3 is 10.2 Å². The second kappa shape index (κ2) is 8.39. The average molecular weight is 343 g/mol. The van der Waals surface area contributed by atoms with Crippen LogP contribution < -0.4 is 5.32 Å². The van der Waals surface area contributed by atoms with Crippen LogP contribution in [0.1, 0.15) is 31.2 Å². The highest BCUT2D eigenvalue weighted by Crippen LogP contribution is 2.21. The van der Waals surface area contributed by atoms with Crippen LogP contribution in [0.15, 0.2) is 18.2 Å². The fourth-order valence-corrected chi connectivity index (χ4v) is 3.02. The second-order valence-corrected chi connectivity index (χ2v) is 6.30. The van der Waals surface area contributed by atoms with Gasteiger partial charge in [-0.15, -0.1) is 0 Å². The predicted octanol–water partition coefficient (Wildman–Crippen LogP) is 3.05. The third-order valence-electron chi connectivity index (χ3n) is 3.75. The first-order chi connectivity index (χ1) is 10.6. The smallest absolute Gasteiger partial charge is 0.232 e. The molecule has 1 N–H and O–H groups in total. The molecule has 0 spiro atoms. The minimum absolute atomic E-state index is 0.0750. The molecule has 0 radical (unpaired) electrons. The summed E-state index contributed by atoms with van der Waals surface area (Å²) in [6.07, 6.45) is 3.76. The van der Waals surface area contributed by atoms with Crippen LogP contribution in [0.25, 0.3) is 0 Å². The van der Waals surface area contributed by atoms with E-state index in [9.17, 15) is 9.59 Å². The zero-order valence-electron chi connectivity index (χ0n) is 12.4. The van der Waals surface area contributed by atoms with Crippen molar-refractivity contribution in [3.8, 4) is 0 Å². The number of benzene rings is 1. The fourth-order valence-electron chi connectivity index (χ4n) is 2.52. The number of nitrogens with one attached hydrogen (secondary N) is 1. The summed E-state index contributed by atoms with van der Waals surface area (Å²) >= 11 is 11.9. The van der Waals surface area contributed by atoms with Crippen LogP contribution in [0.5, 0.6) is 0 Å². The number of carbonyl (C=O) groups is 2.